The fraction of sp³-hybridized carbons (Fsp3) is 0.588. The molecule has 2 rings (SSSR count). The first-order valence-corrected chi connectivity index (χ1v) is 8.08. The van der Waals surface area contributed by atoms with E-state index in [4.69, 9.17) is 0 Å². The number of nitrogens with one attached hydrogen (secondary N) is 1. The van der Waals surface area contributed by atoms with Crippen LogP contribution in [0.2, 0.25) is 0 Å². The topological polar surface area (TPSA) is 62.3 Å². The van der Waals surface area contributed by atoms with E-state index in [2.05, 4.69) is 17.2 Å². The molecule has 1 saturated heterocycles. The molecule has 0 radical (unpaired) electrons. The smallest absolute Gasteiger partial charge is 0.226 e. The van der Waals surface area contributed by atoms with E-state index in [-0.39, 0.29) is 30.2 Å². The molecule has 2 atom stereocenters. The van der Waals surface area contributed by atoms with E-state index in [0.29, 0.717) is 6.54 Å². The highest BCUT2D eigenvalue weighted by Gasteiger charge is 2.42. The number of carbonyl (C=O) groups excluding carboxylic acids is 2. The van der Waals surface area contributed by atoms with E-state index >= 15 is 0 Å². The lowest BCUT2D eigenvalue weighted by molar-refractivity contribution is -0.128. The molecule has 2 amide bonds. The number of hydrogen-bond acceptors (Lipinski definition) is 3. The van der Waals surface area contributed by atoms with Crippen LogP contribution in [0.15, 0.2) is 24.5 Å². The van der Waals surface area contributed by atoms with Crippen molar-refractivity contribution in [2.45, 2.75) is 45.1 Å². The third-order valence-electron chi connectivity index (χ3n) is 4.28. The van der Waals surface area contributed by atoms with E-state index in [0.717, 1.165) is 18.4 Å². The van der Waals surface area contributed by atoms with Crippen LogP contribution >= 0.6 is 0 Å². The Kier molecular flexibility index (Phi) is 5.92. The average Bonchev–Trinajstić information content (AvgIpc) is 2.83. The monoisotopic (exact) mass is 303 g/mol. The van der Waals surface area contributed by atoms with Gasteiger partial charge in [-0.25, -0.2) is 0 Å². The lowest BCUT2D eigenvalue weighted by Gasteiger charge is -2.24. The van der Waals surface area contributed by atoms with Crippen molar-refractivity contribution in [3.63, 3.8) is 0 Å². The van der Waals surface area contributed by atoms with Crippen LogP contribution in [0.1, 0.15) is 50.6 Å². The molecule has 1 aromatic rings. The molecule has 22 heavy (non-hydrogen) atoms. The molecule has 1 N–H and O–H groups in total. The van der Waals surface area contributed by atoms with Crippen molar-refractivity contribution in [1.82, 2.24) is 15.2 Å². The molecule has 1 fully saturated rings. The third-order valence-corrected chi connectivity index (χ3v) is 4.28. The molecule has 1 aliphatic heterocycles. The Bertz CT molecular complexity index is 504. The van der Waals surface area contributed by atoms with Crippen LogP contribution in [0, 0.1) is 5.92 Å². The summed E-state index contributed by atoms with van der Waals surface area (Å²) in [5, 5.41) is 2.99. The lowest BCUT2D eigenvalue weighted by Crippen LogP contribution is -2.35. The second kappa shape index (κ2) is 7.92. The lowest BCUT2D eigenvalue weighted by atomic mass is 9.94. The molecule has 5 heteroatoms. The summed E-state index contributed by atoms with van der Waals surface area (Å²) in [6.45, 7) is 2.85. The molecule has 5 nitrogen and oxygen atoms in total. The molecule has 120 valence electrons. The molecule has 0 aliphatic carbocycles. The number of pyridine rings is 1. The molecule has 1 aliphatic rings. The van der Waals surface area contributed by atoms with Crippen LogP contribution in [0.4, 0.5) is 0 Å². The second-order valence-corrected chi connectivity index (χ2v) is 5.90. The maximum absolute atomic E-state index is 12.4. The number of likely N-dealkylation sites (tertiary alicyclic amines) is 1. The number of hydrogen-bond donors (Lipinski definition) is 1. The number of nitrogens with zero attached hydrogens (tertiary/aromatic N) is 2. The van der Waals surface area contributed by atoms with E-state index in [1.54, 1.807) is 24.3 Å². The minimum Gasteiger partial charge on any atom is -0.356 e. The fourth-order valence-electron chi connectivity index (χ4n) is 3.01. The Morgan fingerprint density at radius 3 is 2.91 bits per heavy atom. The summed E-state index contributed by atoms with van der Waals surface area (Å²) in [4.78, 5) is 30.2. The molecule has 0 saturated carbocycles. The van der Waals surface area contributed by atoms with Crippen molar-refractivity contribution in [1.29, 1.82) is 0 Å². The minimum atomic E-state index is -0.326. The largest absolute Gasteiger partial charge is 0.356 e. The van der Waals surface area contributed by atoms with Crippen LogP contribution in [0.5, 0.6) is 0 Å². The van der Waals surface area contributed by atoms with Gasteiger partial charge in [-0.3, -0.25) is 14.6 Å². The van der Waals surface area contributed by atoms with Crippen LogP contribution in [0.25, 0.3) is 0 Å². The van der Waals surface area contributed by atoms with Gasteiger partial charge in [0.1, 0.15) is 0 Å². The summed E-state index contributed by atoms with van der Waals surface area (Å²) >= 11 is 0. The molecule has 0 spiro atoms. The molecule has 0 bridgehead atoms. The van der Waals surface area contributed by atoms with E-state index in [1.807, 2.05) is 12.1 Å². The average molecular weight is 303 g/mol. The van der Waals surface area contributed by atoms with Crippen LogP contribution in [-0.4, -0.2) is 35.3 Å². The van der Waals surface area contributed by atoms with Gasteiger partial charge < -0.3 is 10.2 Å². The van der Waals surface area contributed by atoms with E-state index in [1.165, 1.54) is 12.8 Å². The van der Waals surface area contributed by atoms with Gasteiger partial charge in [0.25, 0.3) is 0 Å². The van der Waals surface area contributed by atoms with Crippen LogP contribution < -0.4 is 5.32 Å². The van der Waals surface area contributed by atoms with Crippen LogP contribution in [-0.2, 0) is 9.59 Å². The molecular weight excluding hydrogens is 278 g/mol. The summed E-state index contributed by atoms with van der Waals surface area (Å²) in [6, 6.07) is 3.55. The zero-order chi connectivity index (χ0) is 15.9. The maximum Gasteiger partial charge on any atom is 0.226 e. The van der Waals surface area contributed by atoms with Crippen LogP contribution in [0.3, 0.4) is 0 Å². The molecule has 0 aromatic carbocycles. The first kappa shape index (κ1) is 16.5. The first-order chi connectivity index (χ1) is 10.6. The third kappa shape index (κ3) is 3.84. The molecular formula is C17H25N3O2. The fourth-order valence-corrected chi connectivity index (χ4v) is 3.01. The maximum atomic E-state index is 12.4. The van der Waals surface area contributed by atoms with Crippen molar-refractivity contribution >= 4 is 11.8 Å². The van der Waals surface area contributed by atoms with Gasteiger partial charge in [-0.15, -0.1) is 0 Å². The number of unbranched alkanes of at least 4 members (excludes halogenated alkanes) is 3. The van der Waals surface area contributed by atoms with E-state index in [9.17, 15) is 9.59 Å². The molecule has 2 heterocycles. The number of carbonyl (C=O) groups is 2. The summed E-state index contributed by atoms with van der Waals surface area (Å²) in [6.07, 6.45) is 8.21. The van der Waals surface area contributed by atoms with Gasteiger partial charge in [0.2, 0.25) is 11.8 Å². The number of aromatic nitrogens is 1. The minimum absolute atomic E-state index is 0.0139. The Balaban J connectivity index is 1.98. The highest BCUT2D eigenvalue weighted by atomic mass is 16.2. The van der Waals surface area contributed by atoms with Crippen molar-refractivity contribution in [3.05, 3.63) is 30.1 Å². The Morgan fingerprint density at radius 2 is 2.23 bits per heavy atom. The SMILES string of the molecule is CCCCCCNC(=O)[C@H]1CC(=O)N(C)[C@@H]1c1cccnc1. The highest BCUT2D eigenvalue weighted by molar-refractivity contribution is 5.90. The van der Waals surface area contributed by atoms with Gasteiger partial charge in [0.05, 0.1) is 12.0 Å². The predicted octanol–water partition coefficient (Wildman–Crippen LogP) is 2.30. The van der Waals surface area contributed by atoms with Gasteiger partial charge in [0.15, 0.2) is 0 Å². The number of amides is 2. The Hall–Kier alpha value is -1.91. The summed E-state index contributed by atoms with van der Waals surface area (Å²) in [7, 11) is 1.76. The highest BCUT2D eigenvalue weighted by Crippen LogP contribution is 2.36. The van der Waals surface area contributed by atoms with Crippen molar-refractivity contribution in [3.8, 4) is 0 Å². The normalized spacial score (nSPS) is 21.2. The zero-order valence-electron chi connectivity index (χ0n) is 13.4. The Labute approximate surface area is 132 Å². The van der Waals surface area contributed by atoms with Gasteiger partial charge in [0, 0.05) is 32.4 Å². The summed E-state index contributed by atoms with van der Waals surface area (Å²) in [5.74, 6) is -0.337. The van der Waals surface area contributed by atoms with Crippen molar-refractivity contribution in [2.75, 3.05) is 13.6 Å². The zero-order valence-corrected chi connectivity index (χ0v) is 13.4. The predicted molar refractivity (Wildman–Crippen MR) is 85.0 cm³/mol. The van der Waals surface area contributed by atoms with Crippen molar-refractivity contribution < 1.29 is 9.59 Å². The van der Waals surface area contributed by atoms with Gasteiger partial charge in [-0.05, 0) is 18.1 Å². The van der Waals surface area contributed by atoms with Gasteiger partial charge >= 0.3 is 0 Å². The first-order valence-electron chi connectivity index (χ1n) is 8.08. The van der Waals surface area contributed by atoms with Crippen molar-refractivity contribution in [2.24, 2.45) is 5.92 Å². The second-order valence-electron chi connectivity index (χ2n) is 5.90. The Morgan fingerprint density at radius 1 is 1.41 bits per heavy atom. The molecule has 1 aromatic heterocycles. The molecule has 0 unspecified atom stereocenters. The standard InChI is InChI=1S/C17H25N3O2/c1-3-4-5-6-10-19-17(22)14-11-15(21)20(2)16(14)13-8-7-9-18-12-13/h7-9,12,14,16H,3-6,10-11H2,1-2H3,(H,19,22)/t14-,16+/m0/s1. The number of rotatable bonds is 7. The summed E-state index contributed by atoms with van der Waals surface area (Å²) < 4.78 is 0. The van der Waals surface area contributed by atoms with Gasteiger partial charge in [-0.1, -0.05) is 32.3 Å². The van der Waals surface area contributed by atoms with Gasteiger partial charge in [-0.2, -0.15) is 0 Å². The summed E-state index contributed by atoms with van der Waals surface area (Å²) in [5.41, 5.74) is 0.919. The van der Waals surface area contributed by atoms with E-state index < -0.39 is 0 Å². The quantitative estimate of drug-likeness (QED) is 0.786.